The summed E-state index contributed by atoms with van der Waals surface area (Å²) in [7, 11) is -1.41. The van der Waals surface area contributed by atoms with Gasteiger partial charge >= 0.3 is 0 Å². The monoisotopic (exact) mass is 340 g/mol. The number of sulfonamides is 1. The topological polar surface area (TPSA) is 42.3 Å². The molecule has 0 unspecified atom stereocenters. The lowest BCUT2D eigenvalue weighted by atomic mass is 10.1. The summed E-state index contributed by atoms with van der Waals surface area (Å²) in [4.78, 5) is 0.411. The van der Waals surface area contributed by atoms with Crippen LogP contribution in [0, 0.1) is 6.92 Å². The minimum atomic E-state index is -3.47. The fourth-order valence-electron chi connectivity index (χ4n) is 3.70. The highest BCUT2D eigenvalue weighted by molar-refractivity contribution is 7.89. The van der Waals surface area contributed by atoms with Gasteiger partial charge in [0, 0.05) is 43.2 Å². The number of para-hydroxylation sites is 1. The summed E-state index contributed by atoms with van der Waals surface area (Å²) in [6.45, 7) is 2.81. The van der Waals surface area contributed by atoms with Gasteiger partial charge < -0.3 is 4.57 Å². The first-order chi connectivity index (χ1) is 11.5. The average molecular weight is 340 g/mol. The van der Waals surface area contributed by atoms with Gasteiger partial charge in [-0.25, -0.2) is 8.42 Å². The number of benzene rings is 2. The molecule has 0 bridgehead atoms. The molecule has 2 aromatic carbocycles. The van der Waals surface area contributed by atoms with Crippen molar-refractivity contribution < 1.29 is 8.42 Å². The lowest BCUT2D eigenvalue weighted by Gasteiger charge is -2.27. The van der Waals surface area contributed by atoms with Gasteiger partial charge in [-0.15, -0.1) is 0 Å². The Bertz CT molecular complexity index is 1030. The summed E-state index contributed by atoms with van der Waals surface area (Å²) < 4.78 is 30.0. The molecule has 4 nitrogen and oxygen atoms in total. The smallest absolute Gasteiger partial charge is 0.243 e. The number of fused-ring (bicyclic) bond motifs is 3. The van der Waals surface area contributed by atoms with Crippen LogP contribution in [0.2, 0.25) is 0 Å². The molecule has 1 aliphatic rings. The second-order valence-corrected chi connectivity index (χ2v) is 8.26. The highest BCUT2D eigenvalue weighted by Crippen LogP contribution is 2.32. The van der Waals surface area contributed by atoms with Gasteiger partial charge in [0.2, 0.25) is 10.0 Å². The minimum Gasteiger partial charge on any atom is -0.347 e. The predicted molar refractivity (Wildman–Crippen MR) is 95.4 cm³/mol. The van der Waals surface area contributed by atoms with E-state index in [0.29, 0.717) is 18.0 Å². The second kappa shape index (κ2) is 5.46. The van der Waals surface area contributed by atoms with Crippen LogP contribution in [0.4, 0.5) is 0 Å². The lowest BCUT2D eigenvalue weighted by molar-refractivity contribution is 0.387. The molecule has 5 heteroatoms. The summed E-state index contributed by atoms with van der Waals surface area (Å²) in [6, 6.07) is 15.4. The van der Waals surface area contributed by atoms with Gasteiger partial charge in [-0.2, -0.15) is 4.31 Å². The number of hydrogen-bond donors (Lipinski definition) is 0. The van der Waals surface area contributed by atoms with Crippen molar-refractivity contribution in [2.45, 2.75) is 24.8 Å². The highest BCUT2D eigenvalue weighted by atomic mass is 32.2. The van der Waals surface area contributed by atoms with Crippen molar-refractivity contribution in [3.63, 3.8) is 0 Å². The number of hydrogen-bond acceptors (Lipinski definition) is 2. The van der Waals surface area contributed by atoms with E-state index in [0.717, 1.165) is 28.5 Å². The Kier molecular flexibility index (Phi) is 3.51. The van der Waals surface area contributed by atoms with Gasteiger partial charge in [0.1, 0.15) is 0 Å². The molecule has 4 rings (SSSR count). The first-order valence-electron chi connectivity index (χ1n) is 8.11. The van der Waals surface area contributed by atoms with Crippen LogP contribution in [0.1, 0.15) is 16.8 Å². The van der Waals surface area contributed by atoms with Crippen molar-refractivity contribution in [3.8, 4) is 0 Å². The van der Waals surface area contributed by atoms with Crippen LogP contribution in [-0.2, 0) is 30.0 Å². The van der Waals surface area contributed by atoms with Gasteiger partial charge in [-0.3, -0.25) is 0 Å². The lowest BCUT2D eigenvalue weighted by Crippen LogP contribution is -2.36. The molecule has 3 aromatic rings. The maximum absolute atomic E-state index is 13.1. The zero-order valence-corrected chi connectivity index (χ0v) is 14.7. The van der Waals surface area contributed by atoms with Crippen molar-refractivity contribution >= 4 is 20.9 Å². The zero-order valence-electron chi connectivity index (χ0n) is 13.9. The van der Waals surface area contributed by atoms with Crippen molar-refractivity contribution in [3.05, 3.63) is 65.4 Å². The fourth-order valence-corrected chi connectivity index (χ4v) is 5.33. The van der Waals surface area contributed by atoms with Crippen LogP contribution >= 0.6 is 0 Å². The van der Waals surface area contributed by atoms with E-state index >= 15 is 0 Å². The van der Waals surface area contributed by atoms with Crippen molar-refractivity contribution in [1.29, 1.82) is 0 Å². The normalized spacial score (nSPS) is 15.6. The highest BCUT2D eigenvalue weighted by Gasteiger charge is 2.31. The largest absolute Gasteiger partial charge is 0.347 e. The average Bonchev–Trinajstić information content (AvgIpc) is 2.88. The van der Waals surface area contributed by atoms with E-state index in [-0.39, 0.29) is 0 Å². The van der Waals surface area contributed by atoms with E-state index in [2.05, 4.69) is 23.7 Å². The van der Waals surface area contributed by atoms with Gasteiger partial charge in [-0.1, -0.05) is 36.4 Å². The molecule has 24 heavy (non-hydrogen) atoms. The number of nitrogens with zero attached hydrogens (tertiary/aromatic N) is 2. The third-order valence-corrected chi connectivity index (χ3v) is 6.99. The molecule has 0 N–H and O–H groups in total. The summed E-state index contributed by atoms with van der Waals surface area (Å²) >= 11 is 0. The Morgan fingerprint density at radius 3 is 2.50 bits per heavy atom. The molecule has 124 valence electrons. The van der Waals surface area contributed by atoms with Gasteiger partial charge in [0.05, 0.1) is 4.90 Å². The second-order valence-electron chi connectivity index (χ2n) is 6.36. The Labute approximate surface area is 142 Å². The molecule has 0 spiro atoms. The molecule has 2 heterocycles. The van der Waals surface area contributed by atoms with Crippen LogP contribution in [0.5, 0.6) is 0 Å². The molecule has 0 atom stereocenters. The zero-order chi connectivity index (χ0) is 16.9. The standard InChI is InChI=1S/C19H20N2O2S/c1-14-7-3-6-10-19(14)24(22,23)21-12-11-18-16(13-21)15-8-4-5-9-17(15)20(18)2/h3-10H,11-13H2,1-2H3. The van der Waals surface area contributed by atoms with E-state index in [1.54, 1.807) is 16.4 Å². The van der Waals surface area contributed by atoms with E-state index < -0.39 is 10.0 Å². The molecule has 0 amide bonds. The Morgan fingerprint density at radius 1 is 1.00 bits per heavy atom. The maximum atomic E-state index is 13.1. The minimum absolute atomic E-state index is 0.411. The maximum Gasteiger partial charge on any atom is 0.243 e. The third-order valence-electron chi connectivity index (χ3n) is 4.99. The van der Waals surface area contributed by atoms with Gasteiger partial charge in [0.15, 0.2) is 0 Å². The van der Waals surface area contributed by atoms with Crippen LogP contribution < -0.4 is 0 Å². The van der Waals surface area contributed by atoms with Crippen LogP contribution in [0.3, 0.4) is 0 Å². The molecule has 0 saturated carbocycles. The summed E-state index contributed by atoms with van der Waals surface area (Å²) in [5, 5.41) is 1.15. The first kappa shape index (κ1) is 15.4. The predicted octanol–water partition coefficient (Wildman–Crippen LogP) is 3.23. The molecule has 1 aliphatic heterocycles. The number of aromatic nitrogens is 1. The van der Waals surface area contributed by atoms with Crippen LogP contribution in [0.25, 0.3) is 10.9 Å². The van der Waals surface area contributed by atoms with Crippen molar-refractivity contribution in [2.24, 2.45) is 7.05 Å². The van der Waals surface area contributed by atoms with E-state index in [1.807, 2.05) is 31.2 Å². The molecular formula is C19H20N2O2S. The van der Waals surface area contributed by atoms with E-state index in [4.69, 9.17) is 0 Å². The molecular weight excluding hydrogens is 320 g/mol. The van der Waals surface area contributed by atoms with Crippen molar-refractivity contribution in [1.82, 2.24) is 8.87 Å². The summed E-state index contributed by atoms with van der Waals surface area (Å²) in [5.41, 5.74) is 4.34. The van der Waals surface area contributed by atoms with E-state index in [1.165, 1.54) is 5.69 Å². The summed E-state index contributed by atoms with van der Waals surface area (Å²) in [5.74, 6) is 0. The quantitative estimate of drug-likeness (QED) is 0.719. The Morgan fingerprint density at radius 2 is 1.71 bits per heavy atom. The summed E-state index contributed by atoms with van der Waals surface area (Å²) in [6.07, 6.45) is 0.742. The Hall–Kier alpha value is -2.11. The molecule has 0 radical (unpaired) electrons. The molecule has 0 saturated heterocycles. The first-order valence-corrected chi connectivity index (χ1v) is 9.55. The molecule has 0 fully saturated rings. The van der Waals surface area contributed by atoms with Crippen LogP contribution in [0.15, 0.2) is 53.4 Å². The Balaban J connectivity index is 1.80. The fraction of sp³-hybridized carbons (Fsp3) is 0.263. The molecule has 0 aliphatic carbocycles. The van der Waals surface area contributed by atoms with Gasteiger partial charge in [0.25, 0.3) is 0 Å². The van der Waals surface area contributed by atoms with Gasteiger partial charge in [-0.05, 0) is 30.2 Å². The van der Waals surface area contributed by atoms with E-state index in [9.17, 15) is 8.42 Å². The number of aryl methyl sites for hydroxylation is 2. The third kappa shape index (κ3) is 2.19. The molecule has 1 aromatic heterocycles. The SMILES string of the molecule is Cc1ccccc1S(=O)(=O)N1CCc2c(c3ccccc3n2C)C1. The van der Waals surface area contributed by atoms with Crippen LogP contribution in [-0.4, -0.2) is 23.8 Å². The van der Waals surface area contributed by atoms with Crippen molar-refractivity contribution in [2.75, 3.05) is 6.54 Å². The number of rotatable bonds is 2.